The van der Waals surface area contributed by atoms with E-state index in [0.29, 0.717) is 16.7 Å². The van der Waals surface area contributed by atoms with E-state index in [2.05, 4.69) is 40.1 Å². The lowest BCUT2D eigenvalue weighted by molar-refractivity contribution is -0.151. The van der Waals surface area contributed by atoms with Gasteiger partial charge in [-0.3, -0.25) is 4.79 Å². The van der Waals surface area contributed by atoms with Crippen LogP contribution in [0, 0.1) is 11.3 Å². The Balaban J connectivity index is 1.32. The zero-order valence-electron chi connectivity index (χ0n) is 19.2. The Hall–Kier alpha value is -2.80. The number of carboxylic acids is 1. The lowest BCUT2D eigenvalue weighted by Crippen LogP contribution is -2.37. The summed E-state index contributed by atoms with van der Waals surface area (Å²) >= 11 is 6.59. The third kappa shape index (κ3) is 4.03. The van der Waals surface area contributed by atoms with Gasteiger partial charge in [0.2, 0.25) is 0 Å². The van der Waals surface area contributed by atoms with Crippen LogP contribution < -0.4 is 9.64 Å². The molecule has 0 amide bonds. The minimum Gasteiger partial charge on any atom is -0.481 e. The zero-order chi connectivity index (χ0) is 23.3. The topological polar surface area (TPSA) is 91.3 Å². The van der Waals surface area contributed by atoms with Gasteiger partial charge in [-0.2, -0.15) is 4.98 Å². The highest BCUT2D eigenvalue weighted by molar-refractivity contribution is 6.33. The number of ether oxygens (including phenoxy) is 1. The molecule has 0 atom stereocenters. The second-order valence-electron chi connectivity index (χ2n) is 9.87. The van der Waals surface area contributed by atoms with Crippen LogP contribution in [0.5, 0.6) is 6.01 Å². The lowest BCUT2D eigenvalue weighted by Gasteiger charge is -2.36. The molecule has 0 spiro atoms. The van der Waals surface area contributed by atoms with Gasteiger partial charge in [-0.15, -0.1) is 0 Å². The average Bonchev–Trinajstić information content (AvgIpc) is 3.35. The molecule has 2 N–H and O–H groups in total. The quantitative estimate of drug-likeness (QED) is 0.526. The number of fused-ring (bicyclic) bond motifs is 2. The van der Waals surface area contributed by atoms with Gasteiger partial charge in [0.05, 0.1) is 21.6 Å². The summed E-state index contributed by atoms with van der Waals surface area (Å²) in [4.78, 5) is 26.3. The molecule has 174 valence electrons. The average molecular weight is 469 g/mol. The van der Waals surface area contributed by atoms with E-state index in [-0.39, 0.29) is 12.0 Å². The van der Waals surface area contributed by atoms with Crippen molar-refractivity contribution in [3.63, 3.8) is 0 Å². The summed E-state index contributed by atoms with van der Waals surface area (Å²) in [5.74, 6) is -0.584. The molecule has 3 aromatic rings. The monoisotopic (exact) mass is 468 g/mol. The number of H-pyrrole nitrogens is 1. The van der Waals surface area contributed by atoms with Gasteiger partial charge >= 0.3 is 5.97 Å². The molecule has 3 heterocycles. The van der Waals surface area contributed by atoms with Crippen LogP contribution in [0.15, 0.2) is 24.3 Å². The first-order valence-corrected chi connectivity index (χ1v) is 11.9. The molecule has 8 heteroatoms. The molecule has 1 aliphatic carbocycles. The van der Waals surface area contributed by atoms with Gasteiger partial charge in [0.15, 0.2) is 5.65 Å². The number of hydrogen-bond donors (Lipinski definition) is 2. The molecule has 1 fully saturated rings. The number of aliphatic carboxylic acids is 1. The summed E-state index contributed by atoms with van der Waals surface area (Å²) in [5, 5.41) is 10.1. The maximum Gasteiger partial charge on any atom is 0.309 e. The van der Waals surface area contributed by atoms with E-state index in [0.717, 1.165) is 55.4 Å². The lowest BCUT2D eigenvalue weighted by atomic mass is 9.70. The molecule has 1 aliphatic heterocycles. The molecule has 1 aromatic carbocycles. The number of imidazole rings is 1. The minimum atomic E-state index is -0.738. The number of halogens is 1. The number of pyridine rings is 1. The number of nitrogens with one attached hydrogen (secondary N) is 1. The molecule has 2 aromatic heterocycles. The van der Waals surface area contributed by atoms with Gasteiger partial charge in [0.25, 0.3) is 6.01 Å². The molecular weight excluding hydrogens is 440 g/mol. The van der Waals surface area contributed by atoms with E-state index in [4.69, 9.17) is 21.3 Å². The Bertz CT molecular complexity index is 1210. The van der Waals surface area contributed by atoms with E-state index in [1.165, 1.54) is 11.3 Å². The van der Waals surface area contributed by atoms with Crippen molar-refractivity contribution in [2.24, 2.45) is 11.3 Å². The summed E-state index contributed by atoms with van der Waals surface area (Å²) in [5.41, 5.74) is 4.86. The molecular formula is C25H29ClN4O3. The van der Waals surface area contributed by atoms with Crippen molar-refractivity contribution in [3.8, 4) is 17.3 Å². The SMILES string of the molecule is CN1CCc2cc(-c3nc4nc(O[C@H]5CC[C@H](C(C)(C)C(=O)O)CC5)[nH]c4cc3Cl)ccc21. The first-order valence-electron chi connectivity index (χ1n) is 11.5. The van der Waals surface area contributed by atoms with Crippen molar-refractivity contribution >= 4 is 34.4 Å². The first-order chi connectivity index (χ1) is 15.7. The number of aromatic amines is 1. The molecule has 2 aliphatic rings. The van der Waals surface area contributed by atoms with Crippen LogP contribution in [-0.2, 0) is 11.2 Å². The molecule has 0 radical (unpaired) electrons. The normalized spacial score (nSPS) is 20.8. The Morgan fingerprint density at radius 2 is 1.97 bits per heavy atom. The predicted molar refractivity (Wildman–Crippen MR) is 129 cm³/mol. The Kier molecular flexibility index (Phi) is 5.47. The standard InChI is InChI=1S/C25H29ClN4O3/c1-25(2,23(31)32)16-5-7-17(8-6-16)33-24-27-19-13-18(26)21(28-22(19)29-24)15-4-9-20-14(12-15)10-11-30(20)3/h4,9,12-13,16-17H,5-8,10-11H2,1-3H3,(H,31,32)(H,27,28,29)/t16-,17-. The third-order valence-electron chi connectivity index (χ3n) is 7.41. The van der Waals surface area contributed by atoms with Gasteiger partial charge in [0.1, 0.15) is 6.10 Å². The summed E-state index contributed by atoms with van der Waals surface area (Å²) in [6, 6.07) is 8.63. The van der Waals surface area contributed by atoms with Crippen LogP contribution in [0.1, 0.15) is 45.1 Å². The summed E-state index contributed by atoms with van der Waals surface area (Å²) in [7, 11) is 2.10. The van der Waals surface area contributed by atoms with Crippen LogP contribution in [0.25, 0.3) is 22.4 Å². The van der Waals surface area contributed by atoms with Gasteiger partial charge in [0, 0.05) is 24.8 Å². The number of aromatic nitrogens is 3. The molecule has 7 nitrogen and oxygen atoms in total. The van der Waals surface area contributed by atoms with E-state index in [9.17, 15) is 9.90 Å². The number of carboxylic acid groups (broad SMARTS) is 1. The number of hydrogen-bond acceptors (Lipinski definition) is 5. The largest absolute Gasteiger partial charge is 0.481 e. The fourth-order valence-electron chi connectivity index (χ4n) is 5.10. The Morgan fingerprint density at radius 1 is 1.21 bits per heavy atom. The maximum atomic E-state index is 11.6. The number of benzene rings is 1. The maximum absolute atomic E-state index is 11.6. The van der Waals surface area contributed by atoms with Crippen LogP contribution >= 0.6 is 11.6 Å². The number of likely N-dealkylation sites (N-methyl/N-ethyl adjacent to an activating group) is 1. The van der Waals surface area contributed by atoms with Crippen LogP contribution in [0.2, 0.25) is 5.02 Å². The number of carbonyl (C=O) groups is 1. The van der Waals surface area contributed by atoms with Crippen LogP contribution in [0.4, 0.5) is 5.69 Å². The molecule has 5 rings (SSSR count). The zero-order valence-corrected chi connectivity index (χ0v) is 19.9. The van der Waals surface area contributed by atoms with Crippen LogP contribution in [0.3, 0.4) is 0 Å². The summed E-state index contributed by atoms with van der Waals surface area (Å²) in [6.07, 6.45) is 4.29. The highest BCUT2D eigenvalue weighted by Gasteiger charge is 2.39. The molecule has 0 unspecified atom stereocenters. The first kappa shape index (κ1) is 22.0. The number of nitrogens with zero attached hydrogens (tertiary/aromatic N) is 3. The molecule has 0 bridgehead atoms. The van der Waals surface area contributed by atoms with Gasteiger partial charge in [-0.1, -0.05) is 17.7 Å². The molecule has 33 heavy (non-hydrogen) atoms. The van der Waals surface area contributed by atoms with Gasteiger partial charge < -0.3 is 19.7 Å². The van der Waals surface area contributed by atoms with Crippen molar-refractivity contribution in [1.29, 1.82) is 0 Å². The summed E-state index contributed by atoms with van der Waals surface area (Å²) < 4.78 is 6.12. The minimum absolute atomic E-state index is 0.00931. The fraction of sp³-hybridized carbons (Fsp3) is 0.480. The third-order valence-corrected chi connectivity index (χ3v) is 7.70. The Labute approximate surface area is 198 Å². The number of anilines is 1. The molecule has 1 saturated carbocycles. The molecule has 0 saturated heterocycles. The van der Waals surface area contributed by atoms with Gasteiger partial charge in [-0.25, -0.2) is 4.98 Å². The van der Waals surface area contributed by atoms with Crippen molar-refractivity contribution in [2.75, 3.05) is 18.5 Å². The van der Waals surface area contributed by atoms with Crippen LogP contribution in [-0.4, -0.2) is 45.7 Å². The fourth-order valence-corrected chi connectivity index (χ4v) is 5.36. The van der Waals surface area contributed by atoms with Crippen molar-refractivity contribution in [1.82, 2.24) is 15.0 Å². The number of rotatable bonds is 5. The smallest absolute Gasteiger partial charge is 0.309 e. The Morgan fingerprint density at radius 3 is 2.70 bits per heavy atom. The van der Waals surface area contributed by atoms with E-state index in [1.807, 2.05) is 19.9 Å². The second-order valence-corrected chi connectivity index (χ2v) is 10.3. The van der Waals surface area contributed by atoms with Crippen molar-refractivity contribution < 1.29 is 14.6 Å². The second kappa shape index (κ2) is 8.20. The van der Waals surface area contributed by atoms with Crippen molar-refractivity contribution in [3.05, 3.63) is 34.9 Å². The van der Waals surface area contributed by atoms with E-state index in [1.54, 1.807) is 0 Å². The van der Waals surface area contributed by atoms with Gasteiger partial charge in [-0.05, 0) is 75.6 Å². The predicted octanol–water partition coefficient (Wildman–Crippen LogP) is 5.32. The van der Waals surface area contributed by atoms with E-state index < -0.39 is 11.4 Å². The van der Waals surface area contributed by atoms with Crippen molar-refractivity contribution in [2.45, 2.75) is 52.1 Å². The van der Waals surface area contributed by atoms with E-state index >= 15 is 0 Å². The summed E-state index contributed by atoms with van der Waals surface area (Å²) in [6.45, 7) is 4.65. The highest BCUT2D eigenvalue weighted by atomic mass is 35.5. The highest BCUT2D eigenvalue weighted by Crippen LogP contribution is 2.40.